The zero-order chi connectivity index (χ0) is 20.3. The van der Waals surface area contributed by atoms with Crippen molar-refractivity contribution in [3.63, 3.8) is 0 Å². The molecule has 1 aromatic heterocycles. The molecule has 0 saturated carbocycles. The molecule has 1 saturated heterocycles. The lowest BCUT2D eigenvalue weighted by molar-refractivity contribution is -0.129. The number of hydrogen-bond donors (Lipinski definition) is 0. The van der Waals surface area contributed by atoms with E-state index in [1.54, 1.807) is 4.90 Å². The van der Waals surface area contributed by atoms with Crippen molar-refractivity contribution in [2.75, 3.05) is 31.9 Å². The van der Waals surface area contributed by atoms with Crippen LogP contribution in [0, 0.1) is 19.7 Å². The summed E-state index contributed by atoms with van der Waals surface area (Å²) in [4.78, 5) is 22.3. The highest BCUT2D eigenvalue weighted by Gasteiger charge is 2.31. The number of benzene rings is 1. The number of halogens is 1. The topological polar surface area (TPSA) is 83.5 Å². The summed E-state index contributed by atoms with van der Waals surface area (Å²) in [5.74, 6) is -0.690. The standard InChI is InChI=1S/C18H21FN4O3S2/c1-13-11-14(2)21-18(20-13)27-12-17(24)22-7-9-23(10-8-22)28(25,26)16-6-4-3-5-15(16)19/h3-6,11H,7-10,12H2,1-2H3. The van der Waals surface area contributed by atoms with E-state index in [-0.39, 0.29) is 42.7 Å². The molecule has 0 atom stereocenters. The molecule has 3 rings (SSSR count). The van der Waals surface area contributed by atoms with Crippen LogP contribution in [0.1, 0.15) is 11.4 Å². The Balaban J connectivity index is 1.57. The van der Waals surface area contributed by atoms with Crippen LogP contribution in [0.25, 0.3) is 0 Å². The van der Waals surface area contributed by atoms with Crippen LogP contribution in [0.15, 0.2) is 40.4 Å². The number of hydrogen-bond acceptors (Lipinski definition) is 6. The fourth-order valence-electron chi connectivity index (χ4n) is 2.95. The van der Waals surface area contributed by atoms with Gasteiger partial charge >= 0.3 is 0 Å². The van der Waals surface area contributed by atoms with Gasteiger partial charge in [-0.05, 0) is 32.0 Å². The summed E-state index contributed by atoms with van der Waals surface area (Å²) in [5.41, 5.74) is 1.68. The van der Waals surface area contributed by atoms with E-state index in [0.717, 1.165) is 17.5 Å². The van der Waals surface area contributed by atoms with E-state index >= 15 is 0 Å². The first-order chi connectivity index (χ1) is 13.3. The third-order valence-electron chi connectivity index (χ3n) is 4.33. The van der Waals surface area contributed by atoms with Crippen molar-refractivity contribution in [2.24, 2.45) is 0 Å². The van der Waals surface area contributed by atoms with E-state index in [9.17, 15) is 17.6 Å². The van der Waals surface area contributed by atoms with E-state index in [2.05, 4.69) is 9.97 Å². The summed E-state index contributed by atoms with van der Waals surface area (Å²) in [5, 5.41) is 0.548. The summed E-state index contributed by atoms with van der Waals surface area (Å²) >= 11 is 1.26. The molecule has 1 aliphatic heterocycles. The molecule has 0 radical (unpaired) electrons. The Morgan fingerprint density at radius 3 is 2.32 bits per heavy atom. The second-order valence-corrected chi connectivity index (χ2v) is 9.29. The molecule has 1 aromatic carbocycles. The van der Waals surface area contributed by atoms with Crippen LogP contribution < -0.4 is 0 Å². The normalized spacial score (nSPS) is 15.6. The fraction of sp³-hybridized carbons (Fsp3) is 0.389. The van der Waals surface area contributed by atoms with Gasteiger partial charge in [-0.15, -0.1) is 0 Å². The van der Waals surface area contributed by atoms with Crippen molar-refractivity contribution in [1.29, 1.82) is 0 Å². The third-order valence-corrected chi connectivity index (χ3v) is 7.10. The predicted molar refractivity (Wildman–Crippen MR) is 104 cm³/mol. The number of aryl methyl sites for hydroxylation is 2. The van der Waals surface area contributed by atoms with Gasteiger partial charge in [-0.3, -0.25) is 4.79 Å². The summed E-state index contributed by atoms with van der Waals surface area (Å²) in [7, 11) is -3.91. The van der Waals surface area contributed by atoms with E-state index in [1.807, 2.05) is 19.9 Å². The number of rotatable bonds is 5. The minimum absolute atomic E-state index is 0.101. The number of sulfonamides is 1. The zero-order valence-electron chi connectivity index (χ0n) is 15.6. The molecule has 2 aromatic rings. The molecule has 0 unspecified atom stereocenters. The molecule has 1 aliphatic rings. The molecule has 2 heterocycles. The van der Waals surface area contributed by atoms with Gasteiger partial charge in [0.05, 0.1) is 5.75 Å². The second kappa shape index (κ2) is 8.54. The Hall–Kier alpha value is -2.04. The number of amides is 1. The lowest BCUT2D eigenvalue weighted by Gasteiger charge is -2.34. The van der Waals surface area contributed by atoms with Crippen molar-refractivity contribution in [3.8, 4) is 0 Å². The van der Waals surface area contributed by atoms with Gasteiger partial charge < -0.3 is 4.90 Å². The maximum Gasteiger partial charge on any atom is 0.246 e. The van der Waals surface area contributed by atoms with Gasteiger partial charge in [0.2, 0.25) is 15.9 Å². The predicted octanol–water partition coefficient (Wildman–Crippen LogP) is 1.86. The minimum atomic E-state index is -3.91. The summed E-state index contributed by atoms with van der Waals surface area (Å²) in [6.07, 6.45) is 0. The first-order valence-corrected chi connectivity index (χ1v) is 11.2. The molecule has 0 bridgehead atoms. The van der Waals surface area contributed by atoms with Gasteiger partial charge in [0.15, 0.2) is 5.16 Å². The van der Waals surface area contributed by atoms with Crippen LogP contribution in [-0.4, -0.2) is 65.4 Å². The molecule has 28 heavy (non-hydrogen) atoms. The second-order valence-electron chi connectivity index (χ2n) is 6.44. The quantitative estimate of drug-likeness (QED) is 0.538. The molecule has 1 amide bonds. The van der Waals surface area contributed by atoms with Gasteiger partial charge in [0, 0.05) is 37.6 Å². The third kappa shape index (κ3) is 4.68. The number of carbonyl (C=O) groups is 1. The molecule has 1 fully saturated rings. The average molecular weight is 425 g/mol. The van der Waals surface area contributed by atoms with Crippen LogP contribution in [0.2, 0.25) is 0 Å². The fourth-order valence-corrected chi connectivity index (χ4v) is 5.29. The smallest absolute Gasteiger partial charge is 0.246 e. The maximum atomic E-state index is 13.9. The van der Waals surface area contributed by atoms with Gasteiger partial charge in [0.25, 0.3) is 0 Å². The number of carbonyl (C=O) groups excluding carboxylic acids is 1. The summed E-state index contributed by atoms with van der Waals surface area (Å²) in [6, 6.07) is 7.17. The van der Waals surface area contributed by atoms with Gasteiger partial charge in [-0.25, -0.2) is 22.8 Å². The van der Waals surface area contributed by atoms with Crippen LogP contribution in [0.4, 0.5) is 4.39 Å². The van der Waals surface area contributed by atoms with Crippen LogP contribution in [-0.2, 0) is 14.8 Å². The Bertz CT molecular complexity index is 956. The highest BCUT2D eigenvalue weighted by atomic mass is 32.2. The Labute approximate surface area is 168 Å². The number of piperazine rings is 1. The number of thioether (sulfide) groups is 1. The Morgan fingerprint density at radius 1 is 1.11 bits per heavy atom. The molecule has 0 spiro atoms. The average Bonchev–Trinajstić information content (AvgIpc) is 2.65. The molecular formula is C18H21FN4O3S2. The van der Waals surface area contributed by atoms with Crippen molar-refractivity contribution in [2.45, 2.75) is 23.9 Å². The van der Waals surface area contributed by atoms with Crippen LogP contribution in [0.3, 0.4) is 0 Å². The maximum absolute atomic E-state index is 13.9. The first-order valence-electron chi connectivity index (χ1n) is 8.75. The van der Waals surface area contributed by atoms with Crippen molar-refractivity contribution >= 4 is 27.7 Å². The molecule has 150 valence electrons. The molecule has 0 aliphatic carbocycles. The molecule has 7 nitrogen and oxygen atoms in total. The zero-order valence-corrected chi connectivity index (χ0v) is 17.3. The molecular weight excluding hydrogens is 403 g/mol. The van der Waals surface area contributed by atoms with Crippen LogP contribution >= 0.6 is 11.8 Å². The van der Waals surface area contributed by atoms with Gasteiger partial charge in [0.1, 0.15) is 10.7 Å². The van der Waals surface area contributed by atoms with Crippen molar-refractivity contribution < 1.29 is 17.6 Å². The minimum Gasteiger partial charge on any atom is -0.339 e. The molecule has 10 heteroatoms. The summed E-state index contributed by atoms with van der Waals surface area (Å²) < 4.78 is 40.3. The highest BCUT2D eigenvalue weighted by Crippen LogP contribution is 2.21. The first kappa shape index (κ1) is 20.7. The largest absolute Gasteiger partial charge is 0.339 e. The molecule has 0 N–H and O–H groups in total. The van der Waals surface area contributed by atoms with E-state index in [1.165, 1.54) is 34.3 Å². The van der Waals surface area contributed by atoms with E-state index in [4.69, 9.17) is 0 Å². The highest BCUT2D eigenvalue weighted by molar-refractivity contribution is 7.99. The Morgan fingerprint density at radius 2 is 1.71 bits per heavy atom. The summed E-state index contributed by atoms with van der Waals surface area (Å²) in [6.45, 7) is 4.54. The number of nitrogens with zero attached hydrogens (tertiary/aromatic N) is 4. The van der Waals surface area contributed by atoms with E-state index < -0.39 is 15.8 Å². The van der Waals surface area contributed by atoms with E-state index in [0.29, 0.717) is 5.16 Å². The Kier molecular flexibility index (Phi) is 6.31. The lowest BCUT2D eigenvalue weighted by Crippen LogP contribution is -2.51. The van der Waals surface area contributed by atoms with Gasteiger partial charge in [-0.2, -0.15) is 4.31 Å². The van der Waals surface area contributed by atoms with Crippen LogP contribution in [0.5, 0.6) is 0 Å². The van der Waals surface area contributed by atoms with Crippen molar-refractivity contribution in [1.82, 2.24) is 19.2 Å². The number of aromatic nitrogens is 2. The van der Waals surface area contributed by atoms with Gasteiger partial charge in [-0.1, -0.05) is 23.9 Å². The van der Waals surface area contributed by atoms with Crippen molar-refractivity contribution in [3.05, 3.63) is 47.5 Å². The monoisotopic (exact) mass is 424 g/mol. The SMILES string of the molecule is Cc1cc(C)nc(SCC(=O)N2CCN(S(=O)(=O)c3ccccc3F)CC2)n1. The lowest BCUT2D eigenvalue weighted by atomic mass is 10.3.